The third kappa shape index (κ3) is 2.76. The maximum Gasteiger partial charge on any atom is 0.168 e. The van der Waals surface area contributed by atoms with Gasteiger partial charge < -0.3 is 0 Å². The van der Waals surface area contributed by atoms with Gasteiger partial charge in [-0.1, -0.05) is 50.6 Å². The van der Waals surface area contributed by atoms with E-state index in [-0.39, 0.29) is 5.41 Å². The molecule has 0 radical (unpaired) electrons. The molecule has 5 nitrogen and oxygen atoms in total. The van der Waals surface area contributed by atoms with Gasteiger partial charge in [0.1, 0.15) is 11.6 Å². The highest BCUT2D eigenvalue weighted by molar-refractivity contribution is 5.96. The Kier molecular flexibility index (Phi) is 3.94. The second kappa shape index (κ2) is 6.33. The summed E-state index contributed by atoms with van der Waals surface area (Å²) in [4.78, 5) is 19.5. The Balaban J connectivity index is 1.99. The molecule has 0 fully saturated rings. The first kappa shape index (κ1) is 18.7. The molecule has 30 heavy (non-hydrogen) atoms. The number of benzene rings is 2. The van der Waals surface area contributed by atoms with Crippen LogP contribution < -0.4 is 0 Å². The summed E-state index contributed by atoms with van der Waals surface area (Å²) >= 11 is 0. The van der Waals surface area contributed by atoms with Crippen LogP contribution in [0.1, 0.15) is 43.3 Å². The summed E-state index contributed by atoms with van der Waals surface area (Å²) in [6.45, 7) is 12.8. The van der Waals surface area contributed by atoms with Crippen LogP contribution in [-0.2, 0) is 5.41 Å². The van der Waals surface area contributed by atoms with E-state index in [2.05, 4.69) is 69.1 Å². The van der Waals surface area contributed by atoms with Crippen molar-refractivity contribution >= 4 is 27.7 Å². The molecule has 0 saturated heterocycles. The lowest BCUT2D eigenvalue weighted by Gasteiger charge is -2.17. The van der Waals surface area contributed by atoms with Crippen molar-refractivity contribution in [1.29, 1.82) is 0 Å². The Hall–Kier alpha value is -3.34. The molecule has 5 rings (SSSR count). The van der Waals surface area contributed by atoms with Crippen molar-refractivity contribution in [3.63, 3.8) is 0 Å². The van der Waals surface area contributed by atoms with Gasteiger partial charge in [0, 0.05) is 17.2 Å². The van der Waals surface area contributed by atoms with E-state index in [1.165, 1.54) is 16.7 Å². The van der Waals surface area contributed by atoms with Gasteiger partial charge >= 0.3 is 0 Å². The molecule has 0 saturated carbocycles. The van der Waals surface area contributed by atoms with Gasteiger partial charge in [-0.2, -0.15) is 0 Å². The summed E-state index contributed by atoms with van der Waals surface area (Å²) in [5.74, 6) is 1.66. The van der Waals surface area contributed by atoms with E-state index >= 15 is 0 Å². The maximum atomic E-state index is 5.09. The Morgan fingerprint density at radius 1 is 0.867 bits per heavy atom. The molecule has 0 N–H and O–H groups in total. The third-order valence-corrected chi connectivity index (χ3v) is 5.57. The Bertz CT molecular complexity index is 1430. The normalized spacial score (nSPS) is 12.3. The lowest BCUT2D eigenvalue weighted by atomic mass is 9.96. The maximum absolute atomic E-state index is 5.09. The molecule has 0 atom stereocenters. The molecule has 0 unspecified atom stereocenters. The molecular formula is C25H25N5. The number of imidazole rings is 1. The summed E-state index contributed by atoms with van der Waals surface area (Å²) < 4.78 is 2.16. The molecule has 0 bridgehead atoms. The minimum absolute atomic E-state index is 0.155. The van der Waals surface area contributed by atoms with Gasteiger partial charge in [-0.05, 0) is 44.0 Å². The van der Waals surface area contributed by atoms with E-state index in [1.54, 1.807) is 0 Å². The van der Waals surface area contributed by atoms with Crippen LogP contribution >= 0.6 is 0 Å². The van der Waals surface area contributed by atoms with Crippen LogP contribution in [0.2, 0.25) is 0 Å². The summed E-state index contributed by atoms with van der Waals surface area (Å²) in [7, 11) is 0. The van der Waals surface area contributed by atoms with E-state index in [0.717, 1.165) is 39.3 Å². The van der Waals surface area contributed by atoms with Crippen molar-refractivity contribution in [2.75, 3.05) is 0 Å². The fourth-order valence-electron chi connectivity index (χ4n) is 4.25. The highest BCUT2D eigenvalue weighted by Gasteiger charge is 2.22. The highest BCUT2D eigenvalue weighted by atomic mass is 15.1. The van der Waals surface area contributed by atoms with Crippen molar-refractivity contribution < 1.29 is 0 Å². The Morgan fingerprint density at radius 2 is 1.57 bits per heavy atom. The van der Waals surface area contributed by atoms with Gasteiger partial charge in [-0.3, -0.25) is 4.40 Å². The van der Waals surface area contributed by atoms with Gasteiger partial charge in [0.15, 0.2) is 11.3 Å². The summed E-state index contributed by atoms with van der Waals surface area (Å²) in [5.41, 5.74) is 8.13. The van der Waals surface area contributed by atoms with E-state index in [0.29, 0.717) is 5.65 Å². The topological polar surface area (TPSA) is 56.0 Å². The molecule has 0 amide bonds. The fraction of sp³-hybridized carbons (Fsp3) is 0.280. The first-order valence-corrected chi connectivity index (χ1v) is 10.3. The van der Waals surface area contributed by atoms with Crippen LogP contribution in [0.3, 0.4) is 0 Å². The zero-order valence-electron chi connectivity index (χ0n) is 18.3. The van der Waals surface area contributed by atoms with Gasteiger partial charge in [0.25, 0.3) is 0 Å². The number of aryl methyl sites for hydroxylation is 3. The zero-order chi connectivity index (χ0) is 21.2. The lowest BCUT2D eigenvalue weighted by Crippen LogP contribution is -2.16. The molecule has 3 aromatic heterocycles. The molecule has 5 aromatic rings. The van der Waals surface area contributed by atoms with E-state index in [1.807, 2.05) is 24.4 Å². The molecular weight excluding hydrogens is 370 g/mol. The van der Waals surface area contributed by atoms with Crippen molar-refractivity contribution in [1.82, 2.24) is 24.3 Å². The van der Waals surface area contributed by atoms with Crippen LogP contribution in [-0.4, -0.2) is 24.3 Å². The summed E-state index contributed by atoms with van der Waals surface area (Å²) in [5, 5.41) is 0.866. The molecule has 0 spiro atoms. The predicted molar refractivity (Wildman–Crippen MR) is 122 cm³/mol. The molecule has 0 aliphatic carbocycles. The van der Waals surface area contributed by atoms with Crippen LogP contribution in [0.25, 0.3) is 39.1 Å². The zero-order valence-corrected chi connectivity index (χ0v) is 18.3. The number of aromatic nitrogens is 5. The van der Waals surface area contributed by atoms with Crippen LogP contribution in [0.5, 0.6) is 0 Å². The quantitative estimate of drug-likeness (QED) is 0.364. The average molecular weight is 396 g/mol. The molecule has 0 aliphatic heterocycles. The third-order valence-electron chi connectivity index (χ3n) is 5.57. The van der Waals surface area contributed by atoms with Crippen LogP contribution in [0, 0.1) is 20.8 Å². The number of para-hydroxylation sites is 2. The van der Waals surface area contributed by atoms with Gasteiger partial charge in [-0.15, -0.1) is 0 Å². The van der Waals surface area contributed by atoms with Gasteiger partial charge in [0.05, 0.1) is 16.4 Å². The second-order valence-electron chi connectivity index (χ2n) is 9.15. The minimum Gasteiger partial charge on any atom is -0.276 e. The Labute approximate surface area is 175 Å². The summed E-state index contributed by atoms with van der Waals surface area (Å²) in [6, 6.07) is 12.6. The van der Waals surface area contributed by atoms with Crippen molar-refractivity contribution in [2.24, 2.45) is 0 Å². The first-order valence-electron chi connectivity index (χ1n) is 10.3. The SMILES string of the molecule is Cc1cc(C)c(-c2nc3nc(C(C)(C)C)ncc3c3nc4ccccc4n23)c(C)c1. The fourth-order valence-corrected chi connectivity index (χ4v) is 4.25. The number of hydrogen-bond donors (Lipinski definition) is 0. The highest BCUT2D eigenvalue weighted by Crippen LogP contribution is 2.33. The number of nitrogens with zero attached hydrogens (tertiary/aromatic N) is 5. The molecule has 2 aromatic carbocycles. The number of fused-ring (bicyclic) bond motifs is 5. The predicted octanol–water partition coefficient (Wildman–Crippen LogP) is 5.72. The van der Waals surface area contributed by atoms with E-state index < -0.39 is 0 Å². The molecule has 3 heterocycles. The van der Waals surface area contributed by atoms with E-state index in [4.69, 9.17) is 15.0 Å². The van der Waals surface area contributed by atoms with Crippen molar-refractivity contribution in [2.45, 2.75) is 47.0 Å². The number of hydrogen-bond acceptors (Lipinski definition) is 4. The standard InChI is InChI=1S/C25H25N5/c1-14-11-15(2)20(16(3)12-14)23-28-21-17(13-26-24(29-21)25(4,5)6)22-27-18-9-7-8-10-19(18)30(22)23/h7-13H,1-6H3. The minimum atomic E-state index is -0.155. The largest absolute Gasteiger partial charge is 0.276 e. The van der Waals surface area contributed by atoms with Crippen LogP contribution in [0.4, 0.5) is 0 Å². The monoisotopic (exact) mass is 395 g/mol. The Morgan fingerprint density at radius 3 is 2.27 bits per heavy atom. The lowest BCUT2D eigenvalue weighted by molar-refractivity contribution is 0.547. The average Bonchev–Trinajstić information content (AvgIpc) is 3.06. The molecule has 150 valence electrons. The first-order chi connectivity index (χ1) is 14.2. The van der Waals surface area contributed by atoms with Gasteiger partial charge in [0.2, 0.25) is 0 Å². The molecule has 0 aliphatic rings. The van der Waals surface area contributed by atoms with Crippen molar-refractivity contribution in [3.05, 3.63) is 65.1 Å². The smallest absolute Gasteiger partial charge is 0.168 e. The second-order valence-corrected chi connectivity index (χ2v) is 9.15. The van der Waals surface area contributed by atoms with E-state index in [9.17, 15) is 0 Å². The summed E-state index contributed by atoms with van der Waals surface area (Å²) in [6.07, 6.45) is 1.87. The molecule has 5 heteroatoms. The number of rotatable bonds is 1. The van der Waals surface area contributed by atoms with Gasteiger partial charge in [-0.25, -0.2) is 19.9 Å². The van der Waals surface area contributed by atoms with Crippen molar-refractivity contribution in [3.8, 4) is 11.4 Å². The van der Waals surface area contributed by atoms with Crippen LogP contribution in [0.15, 0.2) is 42.6 Å².